The lowest BCUT2D eigenvalue weighted by atomic mass is 10.1. The van der Waals surface area contributed by atoms with Crippen LogP contribution >= 0.6 is 0 Å². The van der Waals surface area contributed by atoms with Gasteiger partial charge in [-0.15, -0.1) is 0 Å². The third-order valence-corrected chi connectivity index (χ3v) is 4.10. The Balaban J connectivity index is 1.68. The Morgan fingerprint density at radius 2 is 1.48 bits per heavy atom. The van der Waals surface area contributed by atoms with Crippen molar-refractivity contribution in [3.63, 3.8) is 0 Å². The number of para-hydroxylation sites is 2. The maximum absolute atomic E-state index is 13.8. The molecule has 0 saturated heterocycles. The Bertz CT molecular complexity index is 1210. The molecule has 146 valence electrons. The molecule has 4 aromatic rings. The van der Waals surface area contributed by atoms with E-state index in [1.54, 1.807) is 30.3 Å². The molecule has 0 aliphatic rings. The van der Waals surface area contributed by atoms with E-state index in [0.717, 1.165) is 0 Å². The van der Waals surface area contributed by atoms with Crippen LogP contribution in [0.5, 0.6) is 0 Å². The number of benzene rings is 3. The molecule has 0 saturated carbocycles. The molecule has 0 spiro atoms. The third kappa shape index (κ3) is 3.20. The monoisotopic (exact) mass is 404 g/mol. The molecule has 0 aliphatic carbocycles. The van der Waals surface area contributed by atoms with Gasteiger partial charge in [0, 0.05) is 11.3 Å². The Morgan fingerprint density at radius 3 is 2.17 bits per heavy atom. The van der Waals surface area contributed by atoms with Gasteiger partial charge in [-0.25, -0.2) is 26.9 Å². The smallest absolute Gasteiger partial charge is 0.261 e. The maximum atomic E-state index is 13.8. The second-order valence-corrected chi connectivity index (χ2v) is 5.97. The zero-order valence-corrected chi connectivity index (χ0v) is 14.3. The van der Waals surface area contributed by atoms with Crippen LogP contribution in [0, 0.1) is 29.1 Å². The number of nitrogens with zero attached hydrogens (tertiary/aromatic N) is 1. The summed E-state index contributed by atoms with van der Waals surface area (Å²) in [5.41, 5.74) is 0.0143. The number of hydrogen-bond donors (Lipinski definition) is 1. The Morgan fingerprint density at radius 1 is 0.828 bits per heavy atom. The van der Waals surface area contributed by atoms with Gasteiger partial charge >= 0.3 is 0 Å². The summed E-state index contributed by atoms with van der Waals surface area (Å²) >= 11 is 0. The zero-order chi connectivity index (χ0) is 20.7. The molecule has 29 heavy (non-hydrogen) atoms. The van der Waals surface area contributed by atoms with Gasteiger partial charge in [-0.05, 0) is 30.3 Å². The third-order valence-electron chi connectivity index (χ3n) is 4.10. The first-order valence-corrected chi connectivity index (χ1v) is 8.15. The number of aromatic nitrogens is 1. The predicted molar refractivity (Wildman–Crippen MR) is 93.6 cm³/mol. The quantitative estimate of drug-likeness (QED) is 0.281. The molecule has 9 heteroatoms. The first-order valence-electron chi connectivity index (χ1n) is 8.15. The molecule has 0 aliphatic heterocycles. The van der Waals surface area contributed by atoms with E-state index in [2.05, 4.69) is 10.3 Å². The number of hydrogen-bond acceptors (Lipinski definition) is 3. The number of fused-ring (bicyclic) bond motifs is 1. The summed E-state index contributed by atoms with van der Waals surface area (Å²) in [6.07, 6.45) is 0. The molecule has 1 aromatic heterocycles. The molecule has 1 heterocycles. The lowest BCUT2D eigenvalue weighted by Crippen LogP contribution is -2.19. The second-order valence-electron chi connectivity index (χ2n) is 5.97. The van der Waals surface area contributed by atoms with Crippen LogP contribution in [0.3, 0.4) is 0 Å². The molecule has 3 aromatic carbocycles. The number of halogens is 5. The van der Waals surface area contributed by atoms with Gasteiger partial charge < -0.3 is 9.73 Å². The van der Waals surface area contributed by atoms with Crippen LogP contribution < -0.4 is 5.32 Å². The minimum atomic E-state index is -2.34. The number of carbonyl (C=O) groups is 1. The van der Waals surface area contributed by atoms with Gasteiger partial charge in [-0.3, -0.25) is 4.79 Å². The standard InChI is InChI=1S/C20H9F5N2O2/c21-14-13(15(22)17(24)18(25)16(14)23)19(28)26-10-5-3-4-9(8-10)20-27-11-6-1-2-7-12(11)29-20/h1-8H,(H,26,28). The fourth-order valence-electron chi connectivity index (χ4n) is 2.72. The van der Waals surface area contributed by atoms with Gasteiger partial charge in [-0.1, -0.05) is 18.2 Å². The first-order chi connectivity index (χ1) is 13.9. The molecular weight excluding hydrogens is 395 g/mol. The molecule has 0 radical (unpaired) electrons. The fraction of sp³-hybridized carbons (Fsp3) is 0. The van der Waals surface area contributed by atoms with E-state index >= 15 is 0 Å². The Kier molecular flexibility index (Phi) is 4.50. The van der Waals surface area contributed by atoms with Crippen molar-refractivity contribution in [3.05, 3.63) is 83.2 Å². The van der Waals surface area contributed by atoms with Crippen molar-refractivity contribution < 1.29 is 31.2 Å². The SMILES string of the molecule is O=C(Nc1cccc(-c2nc3ccccc3o2)c1)c1c(F)c(F)c(F)c(F)c1F. The van der Waals surface area contributed by atoms with E-state index in [9.17, 15) is 26.7 Å². The Labute approximate surface area is 159 Å². The van der Waals surface area contributed by atoms with E-state index in [1.165, 1.54) is 18.2 Å². The van der Waals surface area contributed by atoms with Crippen LogP contribution in [0.25, 0.3) is 22.6 Å². The lowest BCUT2D eigenvalue weighted by molar-refractivity contribution is 0.101. The summed E-state index contributed by atoms with van der Waals surface area (Å²) in [5.74, 6) is -12.4. The number of anilines is 1. The van der Waals surface area contributed by atoms with Crippen molar-refractivity contribution in [1.29, 1.82) is 0 Å². The average molecular weight is 404 g/mol. The van der Waals surface area contributed by atoms with Gasteiger partial charge in [-0.2, -0.15) is 0 Å². The van der Waals surface area contributed by atoms with Gasteiger partial charge in [0.05, 0.1) is 0 Å². The number of carbonyl (C=O) groups excluding carboxylic acids is 1. The van der Waals surface area contributed by atoms with Gasteiger partial charge in [0.1, 0.15) is 11.1 Å². The summed E-state index contributed by atoms with van der Waals surface area (Å²) < 4.78 is 73.0. The van der Waals surface area contributed by atoms with Crippen LogP contribution in [-0.4, -0.2) is 10.9 Å². The van der Waals surface area contributed by atoms with E-state index in [4.69, 9.17) is 4.42 Å². The summed E-state index contributed by atoms with van der Waals surface area (Å²) in [7, 11) is 0. The van der Waals surface area contributed by atoms with Crippen LogP contribution in [0.2, 0.25) is 0 Å². The van der Waals surface area contributed by atoms with Gasteiger partial charge in [0.2, 0.25) is 11.7 Å². The molecule has 0 bridgehead atoms. The van der Waals surface area contributed by atoms with Crippen LogP contribution in [0.15, 0.2) is 52.9 Å². The van der Waals surface area contributed by atoms with Crippen molar-refractivity contribution in [2.45, 2.75) is 0 Å². The normalized spacial score (nSPS) is 11.1. The predicted octanol–water partition coefficient (Wildman–Crippen LogP) is 5.44. The average Bonchev–Trinajstić information content (AvgIpc) is 3.15. The van der Waals surface area contributed by atoms with Crippen molar-refractivity contribution in [2.24, 2.45) is 0 Å². The topological polar surface area (TPSA) is 55.1 Å². The van der Waals surface area contributed by atoms with Crippen LogP contribution in [-0.2, 0) is 0 Å². The van der Waals surface area contributed by atoms with Crippen LogP contribution in [0.1, 0.15) is 10.4 Å². The van der Waals surface area contributed by atoms with Crippen molar-refractivity contribution in [2.75, 3.05) is 5.32 Å². The Hall–Kier alpha value is -3.75. The van der Waals surface area contributed by atoms with E-state index in [1.807, 2.05) is 0 Å². The minimum absolute atomic E-state index is 0.0405. The van der Waals surface area contributed by atoms with Crippen molar-refractivity contribution in [1.82, 2.24) is 4.98 Å². The number of amides is 1. The summed E-state index contributed by atoms with van der Waals surface area (Å²) in [5, 5.41) is 2.11. The second kappa shape index (κ2) is 7.01. The highest BCUT2D eigenvalue weighted by molar-refractivity contribution is 6.05. The molecule has 4 rings (SSSR count). The molecular formula is C20H9F5N2O2. The fourth-order valence-corrected chi connectivity index (χ4v) is 2.72. The highest BCUT2D eigenvalue weighted by Gasteiger charge is 2.29. The molecule has 1 amide bonds. The lowest BCUT2D eigenvalue weighted by Gasteiger charge is -2.09. The summed E-state index contributed by atoms with van der Waals surface area (Å²) in [6, 6.07) is 12.8. The number of nitrogens with one attached hydrogen (secondary N) is 1. The number of rotatable bonds is 3. The largest absolute Gasteiger partial charge is 0.436 e. The molecule has 0 fully saturated rings. The zero-order valence-electron chi connectivity index (χ0n) is 14.3. The van der Waals surface area contributed by atoms with E-state index in [0.29, 0.717) is 16.7 Å². The molecule has 1 N–H and O–H groups in total. The van der Waals surface area contributed by atoms with Gasteiger partial charge in [0.15, 0.2) is 28.9 Å². The highest BCUT2D eigenvalue weighted by atomic mass is 19.2. The molecule has 0 atom stereocenters. The summed E-state index contributed by atoms with van der Waals surface area (Å²) in [4.78, 5) is 16.5. The molecule has 0 unspecified atom stereocenters. The van der Waals surface area contributed by atoms with Crippen LogP contribution in [0.4, 0.5) is 27.6 Å². The van der Waals surface area contributed by atoms with Crippen molar-refractivity contribution in [3.8, 4) is 11.5 Å². The van der Waals surface area contributed by atoms with E-state index in [-0.39, 0.29) is 11.6 Å². The summed E-state index contributed by atoms with van der Waals surface area (Å²) in [6.45, 7) is 0. The maximum Gasteiger partial charge on any atom is 0.261 e. The highest BCUT2D eigenvalue weighted by Crippen LogP contribution is 2.27. The minimum Gasteiger partial charge on any atom is -0.436 e. The first kappa shape index (κ1) is 18.6. The van der Waals surface area contributed by atoms with Gasteiger partial charge in [0.25, 0.3) is 5.91 Å². The van der Waals surface area contributed by atoms with Crippen molar-refractivity contribution >= 4 is 22.7 Å². The van der Waals surface area contributed by atoms with E-state index < -0.39 is 40.6 Å². The molecule has 4 nitrogen and oxygen atoms in total. The number of oxazole rings is 1.